The minimum Gasteiger partial charge on any atom is -0.379 e. The number of rotatable bonds is 5. The number of para-hydroxylation sites is 1. The van der Waals surface area contributed by atoms with E-state index in [1.54, 1.807) is 0 Å². The van der Waals surface area contributed by atoms with Gasteiger partial charge in [0.15, 0.2) is 0 Å². The molecule has 3 heterocycles. The number of morpholine rings is 1. The Hall–Kier alpha value is -3.10. The van der Waals surface area contributed by atoms with E-state index < -0.39 is 0 Å². The van der Waals surface area contributed by atoms with E-state index in [0.717, 1.165) is 50.5 Å². The summed E-state index contributed by atoms with van der Waals surface area (Å²) in [6.07, 6.45) is 0.870. The van der Waals surface area contributed by atoms with Gasteiger partial charge in [0, 0.05) is 36.9 Å². The highest BCUT2D eigenvalue weighted by molar-refractivity contribution is 5.95. The quantitative estimate of drug-likeness (QED) is 0.632. The van der Waals surface area contributed by atoms with Crippen molar-refractivity contribution in [3.05, 3.63) is 59.7 Å². The van der Waals surface area contributed by atoms with Crippen LogP contribution in [0.1, 0.15) is 18.1 Å². The summed E-state index contributed by atoms with van der Waals surface area (Å²) >= 11 is 0. The zero-order chi connectivity index (χ0) is 21.2. The molecule has 0 spiro atoms. The van der Waals surface area contributed by atoms with E-state index in [1.165, 1.54) is 15.9 Å². The molecular weight excluding hydrogens is 392 g/mol. The van der Waals surface area contributed by atoms with E-state index in [2.05, 4.69) is 45.4 Å². The van der Waals surface area contributed by atoms with Gasteiger partial charge in [0.25, 0.3) is 5.91 Å². The molecule has 0 bridgehead atoms. The van der Waals surface area contributed by atoms with Crippen LogP contribution in [-0.4, -0.2) is 63.4 Å². The van der Waals surface area contributed by atoms with Gasteiger partial charge in [-0.1, -0.05) is 42.5 Å². The van der Waals surface area contributed by atoms with Crippen molar-refractivity contribution in [3.63, 3.8) is 0 Å². The van der Waals surface area contributed by atoms with Crippen LogP contribution in [0.2, 0.25) is 0 Å². The summed E-state index contributed by atoms with van der Waals surface area (Å²) in [4.78, 5) is 18.6. The highest BCUT2D eigenvalue weighted by Gasteiger charge is 2.30. The van der Waals surface area contributed by atoms with Crippen LogP contribution in [0.15, 0.2) is 48.5 Å². The number of hydrogen-bond acceptors (Lipinski definition) is 6. The van der Waals surface area contributed by atoms with E-state index in [1.807, 2.05) is 35.2 Å². The lowest BCUT2D eigenvalue weighted by molar-refractivity contribution is -0.119. The van der Waals surface area contributed by atoms with Crippen molar-refractivity contribution in [2.45, 2.75) is 32.5 Å². The maximum Gasteiger partial charge on any atom is 0.250 e. The smallest absolute Gasteiger partial charge is 0.250 e. The van der Waals surface area contributed by atoms with E-state index in [0.29, 0.717) is 5.82 Å². The highest BCUT2D eigenvalue weighted by Crippen LogP contribution is 2.31. The highest BCUT2D eigenvalue weighted by atomic mass is 16.5. The topological polar surface area (TPSA) is 76.4 Å². The lowest BCUT2D eigenvalue weighted by Gasteiger charge is -2.26. The number of aromatic nitrogens is 4. The van der Waals surface area contributed by atoms with Gasteiger partial charge in [0.1, 0.15) is 6.54 Å². The number of fused-ring (bicyclic) bond motifs is 1. The van der Waals surface area contributed by atoms with Gasteiger partial charge in [-0.05, 0) is 35.8 Å². The van der Waals surface area contributed by atoms with Crippen molar-refractivity contribution < 1.29 is 9.53 Å². The Morgan fingerprint density at radius 3 is 2.68 bits per heavy atom. The molecule has 2 aromatic carbocycles. The molecule has 2 aliphatic rings. The summed E-state index contributed by atoms with van der Waals surface area (Å²) in [5.41, 5.74) is 4.32. The van der Waals surface area contributed by atoms with Crippen molar-refractivity contribution >= 4 is 11.6 Å². The van der Waals surface area contributed by atoms with Crippen molar-refractivity contribution in [2.24, 2.45) is 0 Å². The molecule has 1 aromatic heterocycles. The fraction of sp³-hybridized carbons (Fsp3) is 0.391. The van der Waals surface area contributed by atoms with Gasteiger partial charge in [-0.3, -0.25) is 9.69 Å². The minimum atomic E-state index is -0.0257. The molecule has 1 amide bonds. The van der Waals surface area contributed by atoms with E-state index in [9.17, 15) is 4.79 Å². The fourth-order valence-corrected chi connectivity index (χ4v) is 4.35. The molecule has 1 unspecified atom stereocenters. The Morgan fingerprint density at radius 2 is 1.87 bits per heavy atom. The number of carbonyl (C=O) groups excluding carboxylic acids is 1. The molecule has 1 atom stereocenters. The van der Waals surface area contributed by atoms with Crippen molar-refractivity contribution in [1.29, 1.82) is 0 Å². The van der Waals surface area contributed by atoms with Gasteiger partial charge in [-0.2, -0.15) is 4.80 Å². The zero-order valence-corrected chi connectivity index (χ0v) is 17.6. The third kappa shape index (κ3) is 4.22. The molecule has 5 rings (SSSR count). The summed E-state index contributed by atoms with van der Waals surface area (Å²) in [5, 5.41) is 12.7. The van der Waals surface area contributed by atoms with E-state index >= 15 is 0 Å². The molecule has 8 heteroatoms. The van der Waals surface area contributed by atoms with E-state index in [-0.39, 0.29) is 18.5 Å². The number of anilines is 1. The first-order valence-electron chi connectivity index (χ1n) is 10.7. The summed E-state index contributed by atoms with van der Waals surface area (Å²) < 4.78 is 5.41. The van der Waals surface area contributed by atoms with Crippen LogP contribution in [0.3, 0.4) is 0 Å². The maximum atomic E-state index is 13.0. The summed E-state index contributed by atoms with van der Waals surface area (Å²) in [7, 11) is 0. The molecule has 3 aromatic rings. The van der Waals surface area contributed by atoms with Crippen LogP contribution >= 0.6 is 0 Å². The molecular formula is C23H26N6O2. The Balaban J connectivity index is 1.24. The average molecular weight is 419 g/mol. The predicted octanol–water partition coefficient (Wildman–Crippen LogP) is 2.15. The third-order valence-electron chi connectivity index (χ3n) is 5.93. The van der Waals surface area contributed by atoms with Gasteiger partial charge < -0.3 is 9.64 Å². The van der Waals surface area contributed by atoms with Crippen molar-refractivity contribution in [2.75, 3.05) is 31.2 Å². The molecule has 0 saturated carbocycles. The summed E-state index contributed by atoms with van der Waals surface area (Å²) in [6, 6.07) is 16.4. The SMILES string of the molecule is CC1Cc2ccccc2N1C(=O)Cn1nnc(-c2ccc(CN3CCOCC3)cc2)n1. The van der Waals surface area contributed by atoms with Gasteiger partial charge in [-0.25, -0.2) is 0 Å². The Kier molecular flexibility index (Phi) is 5.48. The normalized spacial score (nSPS) is 18.9. The van der Waals surface area contributed by atoms with Crippen molar-refractivity contribution in [3.8, 4) is 11.4 Å². The monoisotopic (exact) mass is 418 g/mol. The summed E-state index contributed by atoms with van der Waals surface area (Å²) in [6.45, 7) is 6.57. The van der Waals surface area contributed by atoms with Crippen LogP contribution in [-0.2, 0) is 29.0 Å². The number of ether oxygens (including phenoxy) is 1. The second-order valence-electron chi connectivity index (χ2n) is 8.17. The standard InChI is InChI=1S/C23H26N6O2/c1-17-14-20-4-2-3-5-21(20)29(17)22(30)16-28-25-23(24-26-28)19-8-6-18(7-9-19)15-27-10-12-31-13-11-27/h2-9,17H,10-16H2,1H3. The zero-order valence-electron chi connectivity index (χ0n) is 17.6. The molecule has 1 saturated heterocycles. The number of carbonyl (C=O) groups is 1. The lowest BCUT2D eigenvalue weighted by Crippen LogP contribution is -2.38. The Bertz CT molecular complexity index is 1060. The number of hydrogen-bond donors (Lipinski definition) is 0. The molecule has 0 N–H and O–H groups in total. The molecule has 8 nitrogen and oxygen atoms in total. The Labute approximate surface area is 181 Å². The Morgan fingerprint density at radius 1 is 1.10 bits per heavy atom. The number of nitrogens with zero attached hydrogens (tertiary/aromatic N) is 6. The van der Waals surface area contributed by atoms with Gasteiger partial charge in [0.2, 0.25) is 5.82 Å². The molecule has 0 radical (unpaired) electrons. The lowest BCUT2D eigenvalue weighted by atomic mass is 10.1. The largest absolute Gasteiger partial charge is 0.379 e. The first-order valence-corrected chi connectivity index (χ1v) is 10.7. The first kappa shape index (κ1) is 19.8. The third-order valence-corrected chi connectivity index (χ3v) is 5.93. The van der Waals surface area contributed by atoms with Crippen LogP contribution in [0, 0.1) is 0 Å². The van der Waals surface area contributed by atoms with Gasteiger partial charge >= 0.3 is 0 Å². The number of amides is 1. The van der Waals surface area contributed by atoms with Gasteiger partial charge in [0.05, 0.1) is 13.2 Å². The first-order chi connectivity index (χ1) is 15.2. The second-order valence-corrected chi connectivity index (χ2v) is 8.17. The average Bonchev–Trinajstić information content (AvgIpc) is 3.38. The number of benzene rings is 2. The predicted molar refractivity (Wildman–Crippen MR) is 116 cm³/mol. The summed E-state index contributed by atoms with van der Waals surface area (Å²) in [5.74, 6) is 0.503. The number of tetrazole rings is 1. The van der Waals surface area contributed by atoms with Crippen LogP contribution in [0.5, 0.6) is 0 Å². The second kappa shape index (κ2) is 8.56. The van der Waals surface area contributed by atoms with Crippen LogP contribution in [0.25, 0.3) is 11.4 Å². The maximum absolute atomic E-state index is 13.0. The van der Waals surface area contributed by atoms with Crippen LogP contribution < -0.4 is 4.90 Å². The molecule has 0 aliphatic carbocycles. The molecule has 1 fully saturated rings. The minimum absolute atomic E-state index is 0.0257. The van der Waals surface area contributed by atoms with Gasteiger partial charge in [-0.15, -0.1) is 10.2 Å². The van der Waals surface area contributed by atoms with Crippen molar-refractivity contribution in [1.82, 2.24) is 25.1 Å². The van der Waals surface area contributed by atoms with Crippen LogP contribution in [0.4, 0.5) is 5.69 Å². The molecule has 31 heavy (non-hydrogen) atoms. The molecule has 160 valence electrons. The molecule has 2 aliphatic heterocycles. The van der Waals surface area contributed by atoms with E-state index in [4.69, 9.17) is 4.74 Å². The fourth-order valence-electron chi connectivity index (χ4n) is 4.35.